The van der Waals surface area contributed by atoms with Gasteiger partial charge in [-0.1, -0.05) is 68.2 Å². The Morgan fingerprint density at radius 1 is 1.02 bits per heavy atom. The fraction of sp³-hybridized carbons (Fsp3) is 0.370. The molecule has 7 rings (SSSR count). The van der Waals surface area contributed by atoms with Gasteiger partial charge in [0.25, 0.3) is 0 Å². The molecule has 12 nitrogen and oxygen atoms in total. The standard InChI is InChI=1S/C46H51FN8O4/c1-28(2)40(54-46(58)59-4)45(57)55-24-10-13-38(55)43-52-36-22-20-32-25-29(16-21-34(32)42(36)53-43)15-17-30-18-19-33(26-35(30)47)37-27-50-39(51-37)14-8-9-23-49-44(56)41(48-3)31-11-6-5-7-12-31/h5-7,11-12,16,18-19,21,25-28,38,40-41,48H,8-10,13-14,20,22-24H2,1-4H3,(H,49,56)(H,50,51)(H,52,53)(H,54,58). The van der Waals surface area contributed by atoms with Crippen LogP contribution in [0.4, 0.5) is 9.18 Å². The van der Waals surface area contributed by atoms with Crippen molar-refractivity contribution in [3.8, 4) is 34.4 Å². The van der Waals surface area contributed by atoms with Crippen LogP contribution in [0.5, 0.6) is 0 Å². The first-order valence-corrected chi connectivity index (χ1v) is 20.4. The number of nitrogens with one attached hydrogen (secondary N) is 5. The molecule has 2 aromatic heterocycles. The van der Waals surface area contributed by atoms with Crippen molar-refractivity contribution in [1.29, 1.82) is 0 Å². The Morgan fingerprint density at radius 3 is 2.61 bits per heavy atom. The fourth-order valence-electron chi connectivity index (χ4n) is 7.94. The maximum atomic E-state index is 15.4. The third-order valence-corrected chi connectivity index (χ3v) is 11.1. The number of amides is 3. The van der Waals surface area contributed by atoms with Crippen LogP contribution in [0.15, 0.2) is 72.9 Å². The molecule has 306 valence electrons. The molecule has 0 saturated carbocycles. The van der Waals surface area contributed by atoms with E-state index in [1.807, 2.05) is 73.3 Å². The molecule has 59 heavy (non-hydrogen) atoms. The Labute approximate surface area is 344 Å². The van der Waals surface area contributed by atoms with E-state index < -0.39 is 24.0 Å². The first kappa shape index (κ1) is 40.9. The predicted molar refractivity (Wildman–Crippen MR) is 223 cm³/mol. The summed E-state index contributed by atoms with van der Waals surface area (Å²) in [5.41, 5.74) is 7.47. The van der Waals surface area contributed by atoms with Crippen molar-refractivity contribution in [2.24, 2.45) is 5.92 Å². The first-order valence-electron chi connectivity index (χ1n) is 20.4. The summed E-state index contributed by atoms with van der Waals surface area (Å²) in [6, 6.07) is 19.3. The van der Waals surface area contributed by atoms with Crippen LogP contribution in [0.3, 0.4) is 0 Å². The van der Waals surface area contributed by atoms with Crippen molar-refractivity contribution >= 4 is 17.9 Å². The lowest BCUT2D eigenvalue weighted by atomic mass is 9.91. The van der Waals surface area contributed by atoms with Crippen molar-refractivity contribution < 1.29 is 23.5 Å². The Balaban J connectivity index is 0.947. The second-order valence-corrected chi connectivity index (χ2v) is 15.4. The topological polar surface area (TPSA) is 157 Å². The second kappa shape index (κ2) is 18.6. The maximum Gasteiger partial charge on any atom is 0.407 e. The second-order valence-electron chi connectivity index (χ2n) is 15.4. The zero-order valence-electron chi connectivity index (χ0n) is 34.0. The lowest BCUT2D eigenvalue weighted by Gasteiger charge is -2.30. The molecular weight excluding hydrogens is 748 g/mol. The highest BCUT2D eigenvalue weighted by molar-refractivity contribution is 5.86. The number of alkyl carbamates (subject to hydrolysis) is 1. The van der Waals surface area contributed by atoms with Crippen molar-refractivity contribution in [2.45, 2.75) is 76.9 Å². The van der Waals surface area contributed by atoms with E-state index in [0.29, 0.717) is 30.6 Å². The first-order chi connectivity index (χ1) is 28.6. The number of aromatic amines is 2. The van der Waals surface area contributed by atoms with Gasteiger partial charge in [-0.15, -0.1) is 0 Å². The van der Waals surface area contributed by atoms with Gasteiger partial charge < -0.3 is 35.6 Å². The van der Waals surface area contributed by atoms with Gasteiger partial charge in [-0.3, -0.25) is 9.59 Å². The van der Waals surface area contributed by atoms with E-state index in [9.17, 15) is 14.4 Å². The number of carbonyl (C=O) groups is 3. The Kier molecular flexibility index (Phi) is 12.9. The van der Waals surface area contributed by atoms with E-state index in [0.717, 1.165) is 89.5 Å². The van der Waals surface area contributed by atoms with Crippen LogP contribution in [0.2, 0.25) is 0 Å². The highest BCUT2D eigenvalue weighted by Crippen LogP contribution is 2.37. The number of hydrogen-bond donors (Lipinski definition) is 5. The van der Waals surface area contributed by atoms with Gasteiger partial charge in [-0.25, -0.2) is 19.2 Å². The number of likely N-dealkylation sites (tertiary alicyclic amines) is 1. The number of hydrogen-bond acceptors (Lipinski definition) is 7. The van der Waals surface area contributed by atoms with E-state index in [1.54, 1.807) is 19.3 Å². The molecule has 13 heteroatoms. The van der Waals surface area contributed by atoms with Gasteiger partial charge in [-0.2, -0.15) is 0 Å². The quantitative estimate of drug-likeness (QED) is 0.0669. The van der Waals surface area contributed by atoms with Gasteiger partial charge in [-0.05, 0) is 86.9 Å². The predicted octanol–water partition coefficient (Wildman–Crippen LogP) is 6.55. The fourth-order valence-corrected chi connectivity index (χ4v) is 7.94. The molecule has 3 aromatic carbocycles. The minimum Gasteiger partial charge on any atom is -0.453 e. The van der Waals surface area contributed by atoms with Crippen LogP contribution in [0.25, 0.3) is 22.5 Å². The number of likely N-dealkylation sites (N-methyl/N-ethyl adjacent to an activating group) is 1. The zero-order valence-corrected chi connectivity index (χ0v) is 34.0. The summed E-state index contributed by atoms with van der Waals surface area (Å²) in [7, 11) is 3.06. The molecule has 3 unspecified atom stereocenters. The monoisotopic (exact) mass is 798 g/mol. The number of benzene rings is 3. The maximum absolute atomic E-state index is 15.4. The van der Waals surface area contributed by atoms with Gasteiger partial charge in [0.15, 0.2) is 0 Å². The van der Waals surface area contributed by atoms with Gasteiger partial charge in [0.1, 0.15) is 29.5 Å². The molecule has 5 N–H and O–H groups in total. The van der Waals surface area contributed by atoms with Crippen LogP contribution in [0, 0.1) is 23.6 Å². The average Bonchev–Trinajstić information content (AvgIpc) is 4.03. The molecule has 0 bridgehead atoms. The number of H-pyrrole nitrogens is 2. The highest BCUT2D eigenvalue weighted by Gasteiger charge is 2.38. The minimum atomic E-state index is -0.697. The molecule has 1 saturated heterocycles. The number of ether oxygens (including phenoxy) is 1. The van der Waals surface area contributed by atoms with Crippen LogP contribution < -0.4 is 16.0 Å². The number of rotatable bonds is 13. The van der Waals surface area contributed by atoms with Crippen LogP contribution in [-0.2, 0) is 33.6 Å². The number of methoxy groups -OCH3 is 1. The molecule has 0 spiro atoms. The van der Waals surface area contributed by atoms with Crippen LogP contribution in [-0.4, -0.2) is 76.0 Å². The Morgan fingerprint density at radius 2 is 1.85 bits per heavy atom. The molecule has 1 aliphatic heterocycles. The molecule has 1 fully saturated rings. The van der Waals surface area contributed by atoms with Gasteiger partial charge in [0.05, 0.1) is 36.3 Å². The highest BCUT2D eigenvalue weighted by atomic mass is 19.1. The molecule has 2 aliphatic rings. The summed E-state index contributed by atoms with van der Waals surface area (Å²) in [4.78, 5) is 56.5. The average molecular weight is 799 g/mol. The number of halogens is 1. The number of fused-ring (bicyclic) bond motifs is 3. The zero-order chi connectivity index (χ0) is 41.5. The summed E-state index contributed by atoms with van der Waals surface area (Å²) in [6.07, 6.45) is 6.60. The minimum absolute atomic E-state index is 0.0578. The molecule has 0 radical (unpaired) electrons. The number of unbranched alkanes of at least 4 members (excludes halogenated alkanes) is 1. The van der Waals surface area contributed by atoms with Crippen molar-refractivity contribution in [3.63, 3.8) is 0 Å². The summed E-state index contributed by atoms with van der Waals surface area (Å²) < 4.78 is 20.1. The van der Waals surface area contributed by atoms with Crippen molar-refractivity contribution in [2.75, 3.05) is 27.2 Å². The number of aromatic nitrogens is 4. The van der Waals surface area contributed by atoms with Gasteiger partial charge >= 0.3 is 6.09 Å². The number of aryl methyl sites for hydroxylation is 3. The van der Waals surface area contributed by atoms with E-state index in [2.05, 4.69) is 42.7 Å². The third kappa shape index (κ3) is 9.39. The van der Waals surface area contributed by atoms with Gasteiger partial charge in [0, 0.05) is 41.9 Å². The molecular formula is C46H51FN8O4. The summed E-state index contributed by atoms with van der Waals surface area (Å²) in [5, 5.41) is 8.79. The summed E-state index contributed by atoms with van der Waals surface area (Å²) in [6.45, 7) is 4.95. The van der Waals surface area contributed by atoms with E-state index in [4.69, 9.17) is 9.72 Å². The number of imidazole rings is 2. The largest absolute Gasteiger partial charge is 0.453 e. The number of nitrogens with zero attached hydrogens (tertiary/aromatic N) is 3. The van der Waals surface area contributed by atoms with E-state index in [1.165, 1.54) is 13.2 Å². The van der Waals surface area contributed by atoms with Crippen LogP contribution in [0.1, 0.15) is 91.2 Å². The Hall–Kier alpha value is -6.26. The van der Waals surface area contributed by atoms with Crippen molar-refractivity contribution in [1.82, 2.24) is 40.8 Å². The van der Waals surface area contributed by atoms with Crippen LogP contribution >= 0.6 is 0 Å². The lowest BCUT2D eigenvalue weighted by molar-refractivity contribution is -0.135. The van der Waals surface area contributed by atoms with Gasteiger partial charge in [0.2, 0.25) is 11.8 Å². The molecule has 3 atom stereocenters. The molecule has 3 heterocycles. The summed E-state index contributed by atoms with van der Waals surface area (Å²) >= 11 is 0. The normalized spacial score (nSPS) is 15.4. The molecule has 5 aromatic rings. The molecule has 1 aliphatic carbocycles. The Bertz CT molecular complexity index is 2360. The lowest BCUT2D eigenvalue weighted by Crippen LogP contribution is -2.51. The molecule has 3 amide bonds. The SMILES string of the molecule is CNC(C(=O)NCCCCc1ncc(-c2ccc(C#Cc3ccc4c(c3)CCc3[nH]c(C5CCCN5C(=O)C(NC(=O)OC)C(C)C)nc3-4)c(F)c2)[nH]1)c1ccccc1. The van der Waals surface area contributed by atoms with Crippen molar-refractivity contribution in [3.05, 3.63) is 118 Å². The number of carbonyl (C=O) groups excluding carboxylic acids is 3. The smallest absolute Gasteiger partial charge is 0.407 e. The van der Waals surface area contributed by atoms with E-state index >= 15 is 4.39 Å². The summed E-state index contributed by atoms with van der Waals surface area (Å²) in [5.74, 6) is 7.00. The van der Waals surface area contributed by atoms with E-state index in [-0.39, 0.29) is 23.8 Å². The third-order valence-electron chi connectivity index (χ3n) is 11.1.